The number of methoxy groups -OCH3 is 3. The smallest absolute Gasteiger partial charge is 0.164 e. The highest BCUT2D eigenvalue weighted by atomic mass is 16.5. The van der Waals surface area contributed by atoms with Crippen molar-refractivity contribution < 1.29 is 14.2 Å². The summed E-state index contributed by atoms with van der Waals surface area (Å²) in [7, 11) is 4.78. The number of benzene rings is 2. The fourth-order valence-corrected chi connectivity index (χ4v) is 2.73. The third kappa shape index (κ3) is 3.54. The summed E-state index contributed by atoms with van der Waals surface area (Å²) in [5.41, 5.74) is 6.61. The SMILES string of the molecule is COc1cc(OC)c(OC)cc1C=NNc1cc(C)nc2ccccc12. The van der Waals surface area contributed by atoms with Gasteiger partial charge in [0.2, 0.25) is 0 Å². The van der Waals surface area contributed by atoms with E-state index < -0.39 is 0 Å². The Kier molecular flexibility index (Phi) is 5.22. The molecule has 2 aromatic carbocycles. The molecule has 26 heavy (non-hydrogen) atoms. The fraction of sp³-hybridized carbons (Fsp3) is 0.200. The van der Waals surface area contributed by atoms with Crippen LogP contribution in [-0.4, -0.2) is 32.5 Å². The number of nitrogens with one attached hydrogen (secondary N) is 1. The lowest BCUT2D eigenvalue weighted by Crippen LogP contribution is -1.98. The Balaban J connectivity index is 1.92. The number of anilines is 1. The van der Waals surface area contributed by atoms with Crippen molar-refractivity contribution >= 4 is 22.8 Å². The second-order valence-electron chi connectivity index (χ2n) is 5.65. The Morgan fingerprint density at radius 1 is 0.923 bits per heavy atom. The van der Waals surface area contributed by atoms with Crippen LogP contribution in [0.2, 0.25) is 0 Å². The van der Waals surface area contributed by atoms with Gasteiger partial charge >= 0.3 is 0 Å². The molecule has 0 aliphatic carbocycles. The maximum atomic E-state index is 5.41. The number of hydrogen-bond donors (Lipinski definition) is 1. The summed E-state index contributed by atoms with van der Waals surface area (Å²) in [6.45, 7) is 1.96. The summed E-state index contributed by atoms with van der Waals surface area (Å²) >= 11 is 0. The lowest BCUT2D eigenvalue weighted by atomic mass is 10.1. The molecule has 0 amide bonds. The molecule has 1 heterocycles. The van der Waals surface area contributed by atoms with Crippen LogP contribution in [0.25, 0.3) is 10.9 Å². The van der Waals surface area contributed by atoms with Gasteiger partial charge in [-0.3, -0.25) is 10.4 Å². The van der Waals surface area contributed by atoms with Gasteiger partial charge in [0.05, 0.1) is 38.7 Å². The van der Waals surface area contributed by atoms with Crippen molar-refractivity contribution in [3.05, 3.63) is 53.7 Å². The van der Waals surface area contributed by atoms with Gasteiger partial charge in [0.15, 0.2) is 11.5 Å². The number of ether oxygens (including phenoxy) is 3. The Morgan fingerprint density at radius 3 is 2.35 bits per heavy atom. The molecule has 0 radical (unpaired) electrons. The van der Waals surface area contributed by atoms with Crippen LogP contribution in [0.5, 0.6) is 17.2 Å². The summed E-state index contributed by atoms with van der Waals surface area (Å²) in [5, 5.41) is 5.37. The highest BCUT2D eigenvalue weighted by molar-refractivity contribution is 5.92. The maximum Gasteiger partial charge on any atom is 0.164 e. The largest absolute Gasteiger partial charge is 0.496 e. The van der Waals surface area contributed by atoms with E-state index in [1.807, 2.05) is 43.3 Å². The number of rotatable bonds is 6. The predicted octanol–water partition coefficient (Wildman–Crippen LogP) is 4.02. The van der Waals surface area contributed by atoms with Gasteiger partial charge in [-0.2, -0.15) is 5.10 Å². The number of hydrazone groups is 1. The van der Waals surface area contributed by atoms with Crippen molar-refractivity contribution in [2.45, 2.75) is 6.92 Å². The monoisotopic (exact) mass is 351 g/mol. The Labute approximate surface area is 152 Å². The van der Waals surface area contributed by atoms with Crippen molar-refractivity contribution in [2.24, 2.45) is 5.10 Å². The van der Waals surface area contributed by atoms with Crippen LogP contribution < -0.4 is 19.6 Å². The number of hydrogen-bond acceptors (Lipinski definition) is 6. The van der Waals surface area contributed by atoms with Crippen LogP contribution in [-0.2, 0) is 0 Å². The highest BCUT2D eigenvalue weighted by Gasteiger charge is 2.10. The minimum absolute atomic E-state index is 0.602. The topological polar surface area (TPSA) is 65.0 Å². The summed E-state index contributed by atoms with van der Waals surface area (Å²) in [6.07, 6.45) is 1.69. The first kappa shape index (κ1) is 17.5. The standard InChI is InChI=1S/C20H21N3O3/c1-13-9-17(15-7-5-6-8-16(15)22-13)23-21-12-14-10-19(25-3)20(26-4)11-18(14)24-2/h5-12H,1-4H3,(H,22,23). The first-order valence-corrected chi connectivity index (χ1v) is 8.11. The number of aromatic nitrogens is 1. The Hall–Kier alpha value is -3.28. The zero-order chi connectivity index (χ0) is 18.5. The molecule has 0 bridgehead atoms. The van der Waals surface area contributed by atoms with Gasteiger partial charge in [-0.15, -0.1) is 0 Å². The number of aryl methyl sites for hydroxylation is 1. The minimum Gasteiger partial charge on any atom is -0.496 e. The predicted molar refractivity (Wildman–Crippen MR) is 104 cm³/mol. The molecule has 0 aliphatic rings. The van der Waals surface area contributed by atoms with E-state index in [1.165, 1.54) is 0 Å². The van der Waals surface area contributed by atoms with Gasteiger partial charge < -0.3 is 14.2 Å². The second kappa shape index (κ2) is 7.74. The van der Waals surface area contributed by atoms with Crippen LogP contribution in [0, 0.1) is 6.92 Å². The van der Waals surface area contributed by atoms with Gasteiger partial charge in [0.25, 0.3) is 0 Å². The van der Waals surface area contributed by atoms with E-state index in [0.29, 0.717) is 17.2 Å². The molecular formula is C20H21N3O3. The second-order valence-corrected chi connectivity index (χ2v) is 5.65. The van der Waals surface area contributed by atoms with Gasteiger partial charge in [0.1, 0.15) is 5.75 Å². The van der Waals surface area contributed by atoms with Crippen molar-refractivity contribution in [1.82, 2.24) is 4.98 Å². The average Bonchev–Trinajstić information content (AvgIpc) is 2.67. The molecule has 0 fully saturated rings. The average molecular weight is 351 g/mol. The highest BCUT2D eigenvalue weighted by Crippen LogP contribution is 2.33. The fourth-order valence-electron chi connectivity index (χ4n) is 2.73. The lowest BCUT2D eigenvalue weighted by molar-refractivity contribution is 0.349. The normalized spacial score (nSPS) is 10.9. The zero-order valence-electron chi connectivity index (χ0n) is 15.2. The molecule has 6 heteroatoms. The van der Waals surface area contributed by atoms with Crippen molar-refractivity contribution in [2.75, 3.05) is 26.8 Å². The van der Waals surface area contributed by atoms with E-state index >= 15 is 0 Å². The van der Waals surface area contributed by atoms with Crippen LogP contribution in [0.4, 0.5) is 5.69 Å². The van der Waals surface area contributed by atoms with E-state index in [9.17, 15) is 0 Å². The summed E-state index contributed by atoms with van der Waals surface area (Å²) in [4.78, 5) is 4.53. The molecule has 0 atom stereocenters. The lowest BCUT2D eigenvalue weighted by Gasteiger charge is -2.12. The molecule has 3 aromatic rings. The minimum atomic E-state index is 0.602. The van der Waals surface area contributed by atoms with Gasteiger partial charge in [-0.25, -0.2) is 0 Å². The maximum absolute atomic E-state index is 5.41. The van der Waals surface area contributed by atoms with Crippen LogP contribution in [0.15, 0.2) is 47.6 Å². The third-order valence-corrected chi connectivity index (χ3v) is 3.97. The molecule has 0 saturated carbocycles. The van der Waals surface area contributed by atoms with Crippen molar-refractivity contribution in [3.8, 4) is 17.2 Å². The van der Waals surface area contributed by atoms with E-state index in [4.69, 9.17) is 14.2 Å². The molecule has 134 valence electrons. The summed E-state index contributed by atoms with van der Waals surface area (Å²) < 4.78 is 16.1. The first-order valence-electron chi connectivity index (χ1n) is 8.11. The number of fused-ring (bicyclic) bond motifs is 1. The molecule has 0 spiro atoms. The Morgan fingerprint density at radius 2 is 1.62 bits per heavy atom. The number of para-hydroxylation sites is 1. The van der Waals surface area contributed by atoms with E-state index in [0.717, 1.165) is 27.8 Å². The quantitative estimate of drug-likeness (QED) is 0.537. The number of pyridine rings is 1. The Bertz CT molecular complexity index is 954. The molecule has 0 saturated heterocycles. The van der Waals surface area contributed by atoms with Gasteiger partial charge in [0, 0.05) is 22.7 Å². The molecular weight excluding hydrogens is 330 g/mol. The molecule has 1 N–H and O–H groups in total. The zero-order valence-corrected chi connectivity index (χ0v) is 15.2. The van der Waals surface area contributed by atoms with Gasteiger partial charge in [-0.05, 0) is 25.1 Å². The third-order valence-electron chi connectivity index (χ3n) is 3.97. The summed E-state index contributed by atoms with van der Waals surface area (Å²) in [6, 6.07) is 13.5. The van der Waals surface area contributed by atoms with Crippen LogP contribution in [0.1, 0.15) is 11.3 Å². The van der Waals surface area contributed by atoms with Crippen molar-refractivity contribution in [1.29, 1.82) is 0 Å². The molecule has 0 aliphatic heterocycles. The number of nitrogens with zero attached hydrogens (tertiary/aromatic N) is 2. The first-order chi connectivity index (χ1) is 12.7. The van der Waals surface area contributed by atoms with Crippen molar-refractivity contribution in [3.63, 3.8) is 0 Å². The van der Waals surface area contributed by atoms with Crippen LogP contribution >= 0.6 is 0 Å². The molecule has 1 aromatic heterocycles. The molecule has 6 nitrogen and oxygen atoms in total. The van der Waals surface area contributed by atoms with Gasteiger partial charge in [-0.1, -0.05) is 18.2 Å². The molecule has 0 unspecified atom stereocenters. The summed E-state index contributed by atoms with van der Waals surface area (Å²) in [5.74, 6) is 1.86. The van der Waals surface area contributed by atoms with E-state index in [2.05, 4.69) is 15.5 Å². The van der Waals surface area contributed by atoms with E-state index in [-0.39, 0.29) is 0 Å². The van der Waals surface area contributed by atoms with Crippen LogP contribution in [0.3, 0.4) is 0 Å². The van der Waals surface area contributed by atoms with E-state index in [1.54, 1.807) is 33.6 Å². The molecule has 3 rings (SSSR count).